The van der Waals surface area contributed by atoms with Gasteiger partial charge < -0.3 is 20.4 Å². The van der Waals surface area contributed by atoms with Crippen molar-refractivity contribution in [3.8, 4) is 0 Å². The number of hydrogen-bond acceptors (Lipinski definition) is 3. The number of aliphatic hydroxyl groups is 1. The standard InChI is InChI=1S/C14H24N2O4/c1-8-3-4-10(5-9(8)2)15-14(20)16-7-11(17)6-12(16)13(18)19/h8-12,17H,3-7H2,1-2H3,(H,15,20)(H,18,19)/t8?,9?,10?,11-,12-/m0/s1. The molecular weight excluding hydrogens is 260 g/mol. The fourth-order valence-electron chi connectivity index (χ4n) is 3.21. The highest BCUT2D eigenvalue weighted by atomic mass is 16.4. The molecule has 3 unspecified atom stereocenters. The Kier molecular flexibility index (Phi) is 4.52. The Hall–Kier alpha value is -1.30. The zero-order chi connectivity index (χ0) is 14.9. The van der Waals surface area contributed by atoms with Gasteiger partial charge >= 0.3 is 12.0 Å². The van der Waals surface area contributed by atoms with Crippen molar-refractivity contribution in [2.24, 2.45) is 11.8 Å². The zero-order valence-corrected chi connectivity index (χ0v) is 12.1. The summed E-state index contributed by atoms with van der Waals surface area (Å²) in [6.07, 6.45) is 2.32. The molecule has 3 N–H and O–H groups in total. The van der Waals surface area contributed by atoms with Gasteiger partial charge in [0, 0.05) is 19.0 Å². The van der Waals surface area contributed by atoms with Crippen LogP contribution in [0.15, 0.2) is 0 Å². The van der Waals surface area contributed by atoms with E-state index in [9.17, 15) is 14.7 Å². The van der Waals surface area contributed by atoms with E-state index in [1.807, 2.05) is 0 Å². The molecule has 1 aliphatic heterocycles. The van der Waals surface area contributed by atoms with Crippen LogP contribution >= 0.6 is 0 Å². The smallest absolute Gasteiger partial charge is 0.326 e. The second-order valence-electron chi connectivity index (χ2n) is 6.31. The van der Waals surface area contributed by atoms with E-state index in [1.165, 1.54) is 4.90 Å². The van der Waals surface area contributed by atoms with Crippen LogP contribution in [0.5, 0.6) is 0 Å². The van der Waals surface area contributed by atoms with E-state index in [1.54, 1.807) is 0 Å². The van der Waals surface area contributed by atoms with E-state index in [0.29, 0.717) is 11.8 Å². The van der Waals surface area contributed by atoms with Gasteiger partial charge in [0.25, 0.3) is 0 Å². The number of likely N-dealkylation sites (tertiary alicyclic amines) is 1. The highest BCUT2D eigenvalue weighted by molar-refractivity contribution is 5.83. The van der Waals surface area contributed by atoms with E-state index in [-0.39, 0.29) is 25.0 Å². The van der Waals surface area contributed by atoms with Gasteiger partial charge in [-0.05, 0) is 31.1 Å². The summed E-state index contributed by atoms with van der Waals surface area (Å²) in [5.74, 6) is 0.180. The first-order chi connectivity index (χ1) is 9.38. The molecule has 5 atom stereocenters. The van der Waals surface area contributed by atoms with Gasteiger partial charge in [0.1, 0.15) is 6.04 Å². The highest BCUT2D eigenvalue weighted by Gasteiger charge is 2.39. The number of urea groups is 1. The molecule has 6 nitrogen and oxygen atoms in total. The van der Waals surface area contributed by atoms with E-state index >= 15 is 0 Å². The predicted octanol–water partition coefficient (Wildman–Crippen LogP) is 1.04. The second kappa shape index (κ2) is 5.99. The maximum atomic E-state index is 12.2. The molecule has 1 heterocycles. The van der Waals surface area contributed by atoms with Crippen molar-refractivity contribution in [2.75, 3.05) is 6.54 Å². The van der Waals surface area contributed by atoms with Crippen LogP contribution in [0.25, 0.3) is 0 Å². The summed E-state index contributed by atoms with van der Waals surface area (Å²) in [7, 11) is 0. The molecule has 0 aromatic carbocycles. The summed E-state index contributed by atoms with van der Waals surface area (Å²) in [6.45, 7) is 4.50. The molecule has 114 valence electrons. The molecule has 0 bridgehead atoms. The number of rotatable bonds is 2. The molecule has 0 aromatic rings. The largest absolute Gasteiger partial charge is 0.480 e. The molecule has 1 saturated carbocycles. The van der Waals surface area contributed by atoms with Crippen molar-refractivity contribution in [3.05, 3.63) is 0 Å². The van der Waals surface area contributed by atoms with E-state index in [4.69, 9.17) is 5.11 Å². The topological polar surface area (TPSA) is 89.9 Å². The first-order valence-electron chi connectivity index (χ1n) is 7.36. The molecule has 0 radical (unpaired) electrons. The van der Waals surface area contributed by atoms with Crippen molar-refractivity contribution < 1.29 is 19.8 Å². The van der Waals surface area contributed by atoms with E-state index in [2.05, 4.69) is 19.2 Å². The van der Waals surface area contributed by atoms with Crippen LogP contribution in [0, 0.1) is 11.8 Å². The lowest BCUT2D eigenvalue weighted by molar-refractivity contribution is -0.141. The van der Waals surface area contributed by atoms with Gasteiger partial charge in [-0.15, -0.1) is 0 Å². The molecule has 2 rings (SSSR count). The third-order valence-electron chi connectivity index (χ3n) is 4.75. The SMILES string of the molecule is CC1CCC(NC(=O)N2C[C@@H](O)C[C@H]2C(=O)O)CC1C. The van der Waals surface area contributed by atoms with Crippen molar-refractivity contribution >= 4 is 12.0 Å². The van der Waals surface area contributed by atoms with Crippen molar-refractivity contribution in [1.29, 1.82) is 0 Å². The summed E-state index contributed by atoms with van der Waals surface area (Å²) in [5.41, 5.74) is 0. The Morgan fingerprint density at radius 1 is 1.15 bits per heavy atom. The molecule has 1 aliphatic carbocycles. The molecule has 2 amide bonds. The lowest BCUT2D eigenvalue weighted by Crippen LogP contribution is -2.50. The second-order valence-corrected chi connectivity index (χ2v) is 6.31. The zero-order valence-electron chi connectivity index (χ0n) is 12.1. The highest BCUT2D eigenvalue weighted by Crippen LogP contribution is 2.29. The van der Waals surface area contributed by atoms with Gasteiger partial charge in [0.05, 0.1) is 6.10 Å². The van der Waals surface area contributed by atoms with Gasteiger partial charge in [0.15, 0.2) is 0 Å². The van der Waals surface area contributed by atoms with Crippen molar-refractivity contribution in [2.45, 2.75) is 57.7 Å². The first-order valence-corrected chi connectivity index (χ1v) is 7.36. The fraction of sp³-hybridized carbons (Fsp3) is 0.857. The van der Waals surface area contributed by atoms with Crippen LogP contribution < -0.4 is 5.32 Å². The third kappa shape index (κ3) is 3.23. The number of carboxylic acids is 1. The van der Waals surface area contributed by atoms with Gasteiger partial charge in [-0.1, -0.05) is 13.8 Å². The average Bonchev–Trinajstić information content (AvgIpc) is 2.76. The number of carbonyl (C=O) groups is 2. The van der Waals surface area contributed by atoms with Gasteiger partial charge in [0.2, 0.25) is 0 Å². The molecule has 2 fully saturated rings. The summed E-state index contributed by atoms with van der Waals surface area (Å²) in [5, 5.41) is 21.6. The Bertz CT molecular complexity index is 387. The summed E-state index contributed by atoms with van der Waals surface area (Å²) >= 11 is 0. The third-order valence-corrected chi connectivity index (χ3v) is 4.75. The van der Waals surface area contributed by atoms with Gasteiger partial charge in [-0.3, -0.25) is 0 Å². The number of aliphatic hydroxyl groups excluding tert-OH is 1. The number of nitrogens with zero attached hydrogens (tertiary/aromatic N) is 1. The molecule has 6 heteroatoms. The molecule has 1 saturated heterocycles. The van der Waals surface area contributed by atoms with Gasteiger partial charge in [-0.2, -0.15) is 0 Å². The summed E-state index contributed by atoms with van der Waals surface area (Å²) in [6, 6.07) is -1.16. The number of amides is 2. The lowest BCUT2D eigenvalue weighted by atomic mass is 9.79. The van der Waals surface area contributed by atoms with Crippen LogP contribution in [0.1, 0.15) is 39.5 Å². The van der Waals surface area contributed by atoms with E-state index < -0.39 is 18.1 Å². The lowest BCUT2D eigenvalue weighted by Gasteiger charge is -2.34. The van der Waals surface area contributed by atoms with E-state index in [0.717, 1.165) is 19.3 Å². The van der Waals surface area contributed by atoms with Gasteiger partial charge in [-0.25, -0.2) is 9.59 Å². The minimum Gasteiger partial charge on any atom is -0.480 e. The average molecular weight is 284 g/mol. The van der Waals surface area contributed by atoms with Crippen LogP contribution in [0.4, 0.5) is 4.79 Å². The fourth-order valence-corrected chi connectivity index (χ4v) is 3.21. The van der Waals surface area contributed by atoms with Crippen LogP contribution in [0.2, 0.25) is 0 Å². The molecular formula is C14H24N2O4. The number of carbonyl (C=O) groups excluding carboxylic acids is 1. The first kappa shape index (κ1) is 15.1. The summed E-state index contributed by atoms with van der Waals surface area (Å²) in [4.78, 5) is 24.6. The quantitative estimate of drug-likeness (QED) is 0.707. The van der Waals surface area contributed by atoms with Crippen molar-refractivity contribution in [3.63, 3.8) is 0 Å². The number of β-amino-alcohol motifs (C(OH)–C–C–N with tert-alkyl or cyclic N) is 1. The number of carboxylic acid groups (broad SMARTS) is 1. The molecule has 2 aliphatic rings. The normalized spacial score (nSPS) is 37.8. The molecule has 0 aromatic heterocycles. The Morgan fingerprint density at radius 2 is 1.85 bits per heavy atom. The Labute approximate surface area is 119 Å². The maximum Gasteiger partial charge on any atom is 0.326 e. The predicted molar refractivity (Wildman–Crippen MR) is 73.3 cm³/mol. The van der Waals surface area contributed by atoms with Crippen LogP contribution in [-0.2, 0) is 4.79 Å². The van der Waals surface area contributed by atoms with Crippen molar-refractivity contribution in [1.82, 2.24) is 10.2 Å². The molecule has 0 spiro atoms. The minimum absolute atomic E-state index is 0.0987. The van der Waals surface area contributed by atoms with Crippen LogP contribution in [-0.4, -0.2) is 51.8 Å². The number of hydrogen-bond donors (Lipinski definition) is 3. The van der Waals surface area contributed by atoms with Crippen LogP contribution in [0.3, 0.4) is 0 Å². The Morgan fingerprint density at radius 3 is 2.45 bits per heavy atom. The Balaban J connectivity index is 1.92. The minimum atomic E-state index is -1.05. The summed E-state index contributed by atoms with van der Waals surface area (Å²) < 4.78 is 0. The number of nitrogens with one attached hydrogen (secondary N) is 1. The monoisotopic (exact) mass is 284 g/mol. The maximum absolute atomic E-state index is 12.2. The molecule has 20 heavy (non-hydrogen) atoms. The number of aliphatic carboxylic acids is 1.